The molecule has 2 aromatic rings. The van der Waals surface area contributed by atoms with E-state index in [1.54, 1.807) is 12.3 Å². The number of benzene rings is 1. The number of amides is 2. The zero-order valence-electron chi connectivity index (χ0n) is 19.5. The number of hydrogen-bond acceptors (Lipinski definition) is 13. The van der Waals surface area contributed by atoms with Gasteiger partial charge >= 0.3 is 5.97 Å². The van der Waals surface area contributed by atoms with Crippen LogP contribution in [-0.4, -0.2) is 72.1 Å². The lowest BCUT2D eigenvalue weighted by Crippen LogP contribution is -2.69. The highest BCUT2D eigenvalue weighted by molar-refractivity contribution is 8.00. The van der Waals surface area contributed by atoms with Crippen molar-refractivity contribution in [1.29, 1.82) is 0 Å². The van der Waals surface area contributed by atoms with Crippen LogP contribution in [0.25, 0.3) is 6.08 Å². The van der Waals surface area contributed by atoms with Gasteiger partial charge in [-0.1, -0.05) is 11.2 Å². The summed E-state index contributed by atoms with van der Waals surface area (Å²) in [6, 6.07) is 2.38. The number of rotatable bonds is 10. The summed E-state index contributed by atoms with van der Waals surface area (Å²) < 4.78 is 0. The Morgan fingerprint density at radius 3 is 2.72 bits per heavy atom. The topological polar surface area (TPSA) is 233 Å². The number of carboxylic acid groups (broad SMARTS) is 1. The van der Waals surface area contributed by atoms with Crippen LogP contribution in [0.5, 0.6) is 0 Å². The van der Waals surface area contributed by atoms with Gasteiger partial charge in [0.25, 0.3) is 23.2 Å². The molecule has 3 heterocycles. The standard InChI is InChI=1S/C21H17N7O9S2/c22-21-23-13(9-39-21)16(25-37-7-15(29)30)18(31)24-17-19(32)26-6-10(8-38-20(17)26)1-2-11-3-4-12(27(33)34)5-14(11)28(35)36/h1-6,9,17,20H,7-8H2,(H2,22,23)(H,24,31)(H,29,30)/t17?,20-/m1/s1. The van der Waals surface area contributed by atoms with Crippen LogP contribution in [0, 0.1) is 20.2 Å². The van der Waals surface area contributed by atoms with E-state index in [2.05, 4.69) is 20.3 Å². The predicted octanol–water partition coefficient (Wildman–Crippen LogP) is 1.34. The molecule has 4 N–H and O–H groups in total. The van der Waals surface area contributed by atoms with Gasteiger partial charge in [-0.15, -0.1) is 23.1 Å². The van der Waals surface area contributed by atoms with Gasteiger partial charge in [-0.2, -0.15) is 0 Å². The Morgan fingerprint density at radius 1 is 1.31 bits per heavy atom. The molecule has 1 aromatic carbocycles. The first kappa shape index (κ1) is 27.2. The molecule has 39 heavy (non-hydrogen) atoms. The lowest BCUT2D eigenvalue weighted by atomic mass is 10.1. The maximum Gasteiger partial charge on any atom is 0.344 e. The second-order valence-electron chi connectivity index (χ2n) is 7.87. The fourth-order valence-corrected chi connectivity index (χ4v) is 5.31. The molecule has 2 atom stereocenters. The van der Waals surface area contributed by atoms with E-state index in [9.17, 15) is 34.6 Å². The molecule has 1 unspecified atom stereocenters. The number of β-lactam (4-membered cyclic amide) rings is 1. The van der Waals surface area contributed by atoms with Crippen molar-refractivity contribution in [2.75, 3.05) is 18.1 Å². The number of aromatic nitrogens is 1. The zero-order valence-corrected chi connectivity index (χ0v) is 21.1. The molecule has 1 aromatic heterocycles. The minimum Gasteiger partial charge on any atom is -0.479 e. The number of nitrogens with two attached hydrogens (primary N) is 1. The van der Waals surface area contributed by atoms with E-state index in [-0.39, 0.29) is 22.1 Å². The van der Waals surface area contributed by atoms with Crippen LogP contribution in [-0.2, 0) is 19.2 Å². The first-order chi connectivity index (χ1) is 18.5. The first-order valence-electron chi connectivity index (χ1n) is 10.7. The number of fused-ring (bicyclic) bond motifs is 1. The van der Waals surface area contributed by atoms with Gasteiger partial charge in [0.15, 0.2) is 10.8 Å². The van der Waals surface area contributed by atoms with Crippen molar-refractivity contribution in [2.24, 2.45) is 5.16 Å². The smallest absolute Gasteiger partial charge is 0.344 e. The van der Waals surface area contributed by atoms with Gasteiger partial charge in [0.1, 0.15) is 17.1 Å². The van der Waals surface area contributed by atoms with E-state index < -0.39 is 57.0 Å². The second kappa shape index (κ2) is 11.3. The van der Waals surface area contributed by atoms with Gasteiger partial charge in [0, 0.05) is 23.4 Å². The maximum atomic E-state index is 12.9. The molecule has 2 aliphatic heterocycles. The van der Waals surface area contributed by atoms with E-state index in [4.69, 9.17) is 10.8 Å². The van der Waals surface area contributed by atoms with Crippen LogP contribution in [0.15, 0.2) is 46.6 Å². The number of nitrogens with zero attached hydrogens (tertiary/aromatic N) is 5. The molecular weight excluding hydrogens is 558 g/mol. The zero-order chi connectivity index (χ0) is 28.3. The van der Waals surface area contributed by atoms with Gasteiger partial charge in [-0.05, 0) is 17.7 Å². The number of anilines is 1. The highest BCUT2D eigenvalue weighted by Gasteiger charge is 2.49. The molecule has 0 saturated carbocycles. The van der Waals surface area contributed by atoms with E-state index in [1.165, 1.54) is 34.2 Å². The predicted molar refractivity (Wildman–Crippen MR) is 139 cm³/mol. The Morgan fingerprint density at radius 2 is 2.08 bits per heavy atom. The molecule has 0 bridgehead atoms. The van der Waals surface area contributed by atoms with Crippen molar-refractivity contribution in [1.82, 2.24) is 15.2 Å². The first-order valence-corrected chi connectivity index (χ1v) is 12.7. The summed E-state index contributed by atoms with van der Waals surface area (Å²) in [4.78, 5) is 67.2. The monoisotopic (exact) mass is 575 g/mol. The number of non-ortho nitro benzene ring substituents is 1. The van der Waals surface area contributed by atoms with Crippen LogP contribution >= 0.6 is 23.1 Å². The highest BCUT2D eigenvalue weighted by atomic mass is 32.2. The Balaban J connectivity index is 1.45. The average molecular weight is 576 g/mol. The van der Waals surface area contributed by atoms with Crippen molar-refractivity contribution in [2.45, 2.75) is 11.4 Å². The second-order valence-corrected chi connectivity index (χ2v) is 9.87. The van der Waals surface area contributed by atoms with Crippen molar-refractivity contribution >= 4 is 69.2 Å². The molecule has 18 heteroatoms. The lowest BCUT2D eigenvalue weighted by molar-refractivity contribution is -0.394. The molecule has 0 radical (unpaired) electrons. The van der Waals surface area contributed by atoms with Gasteiger partial charge in [0.05, 0.1) is 21.5 Å². The van der Waals surface area contributed by atoms with E-state index in [0.29, 0.717) is 11.3 Å². The minimum absolute atomic E-state index is 0.0490. The molecular formula is C21H17N7O9S2. The molecule has 1 fully saturated rings. The van der Waals surface area contributed by atoms with Crippen molar-refractivity contribution in [3.63, 3.8) is 0 Å². The number of oxime groups is 1. The van der Waals surface area contributed by atoms with Gasteiger partial charge in [-0.25, -0.2) is 9.78 Å². The molecule has 1 saturated heterocycles. The number of carbonyl (C=O) groups is 3. The number of nitro groups is 2. The van der Waals surface area contributed by atoms with Crippen LogP contribution in [0.1, 0.15) is 11.3 Å². The number of hydrogen-bond donors (Lipinski definition) is 3. The summed E-state index contributed by atoms with van der Waals surface area (Å²) >= 11 is 2.35. The summed E-state index contributed by atoms with van der Waals surface area (Å²) in [5, 5.41) is 38.2. The number of aliphatic carboxylic acids is 1. The van der Waals surface area contributed by atoms with Gasteiger partial charge in [0.2, 0.25) is 6.61 Å². The fraction of sp³-hybridized carbons (Fsp3) is 0.190. The fourth-order valence-electron chi connectivity index (χ4n) is 3.53. The summed E-state index contributed by atoms with van der Waals surface area (Å²) in [7, 11) is 0. The van der Waals surface area contributed by atoms with E-state index >= 15 is 0 Å². The molecule has 2 aliphatic rings. The maximum absolute atomic E-state index is 12.9. The van der Waals surface area contributed by atoms with Crippen molar-refractivity contribution < 1.29 is 34.2 Å². The average Bonchev–Trinajstić information content (AvgIpc) is 3.33. The van der Waals surface area contributed by atoms with Crippen LogP contribution in [0.2, 0.25) is 0 Å². The number of carboxylic acids is 1. The van der Waals surface area contributed by atoms with Crippen LogP contribution in [0.4, 0.5) is 16.5 Å². The lowest BCUT2D eigenvalue weighted by Gasteiger charge is -2.47. The van der Waals surface area contributed by atoms with Crippen LogP contribution < -0.4 is 11.1 Å². The number of nitro benzene ring substituents is 2. The number of carbonyl (C=O) groups excluding carboxylic acids is 2. The molecule has 0 aliphatic carbocycles. The summed E-state index contributed by atoms with van der Waals surface area (Å²) in [6.45, 7) is -0.796. The molecule has 2 amide bonds. The van der Waals surface area contributed by atoms with Gasteiger partial charge < -0.3 is 25.9 Å². The molecule has 0 spiro atoms. The third kappa shape index (κ3) is 6.02. The SMILES string of the molecule is Nc1nc(C(=NOCC(=O)O)C(=O)NC2C(=O)N3C=C(C=Cc4ccc([N+](=O)[O-])cc4[N+](=O)[O-])CS[C@H]23)cs1. The van der Waals surface area contributed by atoms with E-state index in [0.717, 1.165) is 23.5 Å². The molecule has 202 valence electrons. The summed E-state index contributed by atoms with van der Waals surface area (Å²) in [5.74, 6) is -2.16. The normalized spacial score (nSPS) is 18.7. The van der Waals surface area contributed by atoms with Crippen molar-refractivity contribution in [3.8, 4) is 0 Å². The molecule has 4 rings (SSSR count). The summed E-state index contributed by atoms with van der Waals surface area (Å²) in [6.07, 6.45) is 4.54. The minimum atomic E-state index is -1.31. The van der Waals surface area contributed by atoms with Crippen LogP contribution in [0.3, 0.4) is 0 Å². The number of thioether (sulfide) groups is 1. The summed E-state index contributed by atoms with van der Waals surface area (Å²) in [5.41, 5.74) is 5.26. The molecule has 16 nitrogen and oxygen atoms in total. The Hall–Kier alpha value is -4.84. The highest BCUT2D eigenvalue weighted by Crippen LogP contribution is 2.37. The number of thiazole rings is 1. The Labute approximate surface area is 226 Å². The number of nitrogens with one attached hydrogen (secondary N) is 1. The number of nitrogen functional groups attached to an aromatic ring is 1. The van der Waals surface area contributed by atoms with E-state index in [1.807, 2.05) is 0 Å². The van der Waals surface area contributed by atoms with Gasteiger partial charge in [-0.3, -0.25) is 29.8 Å². The third-order valence-electron chi connectivity index (χ3n) is 5.31. The Kier molecular flexibility index (Phi) is 7.86. The quantitative estimate of drug-likeness (QED) is 0.158. The Bertz CT molecular complexity index is 1470. The number of allylic oxidation sites excluding steroid dienone is 1. The third-order valence-corrected chi connectivity index (χ3v) is 7.33. The largest absolute Gasteiger partial charge is 0.479 e. The van der Waals surface area contributed by atoms with Crippen molar-refractivity contribution in [3.05, 3.63) is 72.9 Å².